The van der Waals surface area contributed by atoms with E-state index in [4.69, 9.17) is 23.2 Å². The summed E-state index contributed by atoms with van der Waals surface area (Å²) in [5, 5.41) is 11.6. The third kappa shape index (κ3) is 3.74. The van der Waals surface area contributed by atoms with Gasteiger partial charge in [0.1, 0.15) is 0 Å². The Morgan fingerprint density at radius 1 is 1.10 bits per heavy atom. The minimum absolute atomic E-state index is 0.0325. The Morgan fingerprint density at radius 3 is 2.52 bits per heavy atom. The number of nitro benzene ring substituents is 1. The monoisotopic (exact) mass is 432 g/mol. The summed E-state index contributed by atoms with van der Waals surface area (Å²) in [5.41, 5.74) is 1.32. The maximum absolute atomic E-state index is 13.4. The SMILES string of the molecule is O=C(c1ccc([N+](=O)[O-])cc1)N1CCC2(Cl)CCCCC2C1c1ccccc1Cl. The standard InChI is InChI=1S/C22H22Cl2N2O3/c23-19-7-2-1-5-17(19)20-18-6-3-4-12-22(18,24)13-14-25(20)21(27)15-8-10-16(11-9-15)26(28)29/h1-2,5,7-11,18,20H,3-4,6,12-14H2. The molecule has 0 aromatic heterocycles. The van der Waals surface area contributed by atoms with Crippen molar-refractivity contribution in [3.8, 4) is 0 Å². The molecule has 2 aliphatic rings. The van der Waals surface area contributed by atoms with Gasteiger partial charge in [-0.15, -0.1) is 11.6 Å². The number of carbonyl (C=O) groups excluding carboxylic acids is 1. The Labute approximate surface area is 179 Å². The number of amides is 1. The molecule has 2 aromatic carbocycles. The van der Waals surface area contributed by atoms with E-state index in [1.54, 1.807) is 0 Å². The van der Waals surface area contributed by atoms with E-state index in [9.17, 15) is 14.9 Å². The van der Waals surface area contributed by atoms with Gasteiger partial charge >= 0.3 is 0 Å². The fourth-order valence-electron chi connectivity index (χ4n) is 4.86. The van der Waals surface area contributed by atoms with E-state index >= 15 is 0 Å². The summed E-state index contributed by atoms with van der Waals surface area (Å²) in [6.07, 6.45) is 4.81. The van der Waals surface area contributed by atoms with Crippen LogP contribution in [0.5, 0.6) is 0 Å². The molecule has 1 saturated heterocycles. The van der Waals surface area contributed by atoms with Crippen LogP contribution >= 0.6 is 23.2 Å². The van der Waals surface area contributed by atoms with Crippen molar-refractivity contribution >= 4 is 34.8 Å². The molecule has 2 aromatic rings. The van der Waals surface area contributed by atoms with Crippen LogP contribution in [0.4, 0.5) is 5.69 Å². The van der Waals surface area contributed by atoms with E-state index in [1.807, 2.05) is 29.2 Å². The van der Waals surface area contributed by atoms with Crippen LogP contribution in [-0.4, -0.2) is 27.1 Å². The van der Waals surface area contributed by atoms with Crippen LogP contribution in [0.25, 0.3) is 0 Å². The molecule has 0 radical (unpaired) electrons. The average Bonchev–Trinajstić information content (AvgIpc) is 2.72. The molecule has 3 unspecified atom stereocenters. The van der Waals surface area contributed by atoms with Gasteiger partial charge in [0.05, 0.1) is 15.8 Å². The lowest BCUT2D eigenvalue weighted by atomic mass is 9.68. The van der Waals surface area contributed by atoms with Gasteiger partial charge in [0.2, 0.25) is 0 Å². The van der Waals surface area contributed by atoms with Crippen molar-refractivity contribution < 1.29 is 9.72 Å². The van der Waals surface area contributed by atoms with Crippen molar-refractivity contribution in [2.75, 3.05) is 6.54 Å². The Kier molecular flexibility index (Phi) is 5.54. The third-order valence-electron chi connectivity index (χ3n) is 6.32. The van der Waals surface area contributed by atoms with Crippen molar-refractivity contribution in [3.05, 3.63) is 74.8 Å². The van der Waals surface area contributed by atoms with Crippen molar-refractivity contribution in [1.82, 2.24) is 4.90 Å². The zero-order valence-corrected chi connectivity index (χ0v) is 17.4. The van der Waals surface area contributed by atoms with Crippen molar-refractivity contribution in [3.63, 3.8) is 0 Å². The second-order valence-corrected chi connectivity index (χ2v) is 9.07. The number of benzene rings is 2. The molecule has 3 atom stereocenters. The summed E-state index contributed by atoms with van der Waals surface area (Å²) in [5.74, 6) is -0.0253. The van der Waals surface area contributed by atoms with Gasteiger partial charge in [-0.1, -0.05) is 42.6 Å². The van der Waals surface area contributed by atoms with E-state index in [-0.39, 0.29) is 28.4 Å². The topological polar surface area (TPSA) is 63.4 Å². The number of carbonyl (C=O) groups is 1. The molecule has 2 fully saturated rings. The lowest BCUT2D eigenvalue weighted by Crippen LogP contribution is -2.53. The average molecular weight is 433 g/mol. The van der Waals surface area contributed by atoms with Crippen molar-refractivity contribution in [2.45, 2.75) is 43.0 Å². The molecule has 5 nitrogen and oxygen atoms in total. The van der Waals surface area contributed by atoms with Crippen LogP contribution in [0.15, 0.2) is 48.5 Å². The summed E-state index contributed by atoms with van der Waals surface area (Å²) < 4.78 is 0. The Hall–Kier alpha value is -2.11. The number of hydrogen-bond acceptors (Lipinski definition) is 3. The number of non-ortho nitro benzene ring substituents is 1. The minimum atomic E-state index is -0.467. The highest BCUT2D eigenvalue weighted by Gasteiger charge is 2.50. The molecule has 1 heterocycles. The molecule has 29 heavy (non-hydrogen) atoms. The number of likely N-dealkylation sites (tertiary alicyclic amines) is 1. The largest absolute Gasteiger partial charge is 0.331 e. The first kappa shape index (κ1) is 20.2. The Bertz CT molecular complexity index is 934. The molecular formula is C22H22Cl2N2O3. The molecule has 0 N–H and O–H groups in total. The summed E-state index contributed by atoms with van der Waals surface area (Å²) in [4.78, 5) is 25.4. The van der Waals surface area contributed by atoms with Gasteiger partial charge in [0.15, 0.2) is 0 Å². The molecule has 1 aliphatic heterocycles. The number of hydrogen-bond donors (Lipinski definition) is 0. The van der Waals surface area contributed by atoms with Crippen LogP contribution < -0.4 is 0 Å². The maximum Gasteiger partial charge on any atom is 0.269 e. The normalized spacial score (nSPS) is 26.6. The Balaban J connectivity index is 1.73. The molecule has 0 spiro atoms. The predicted octanol–water partition coefficient (Wildman–Crippen LogP) is 6.00. The predicted molar refractivity (Wildman–Crippen MR) is 113 cm³/mol. The molecule has 1 aliphatic carbocycles. The van der Waals surface area contributed by atoms with Gasteiger partial charge < -0.3 is 4.90 Å². The zero-order chi connectivity index (χ0) is 20.6. The molecule has 152 valence electrons. The molecule has 1 amide bonds. The first-order chi connectivity index (χ1) is 13.9. The number of alkyl halides is 1. The number of nitrogens with zero attached hydrogens (tertiary/aromatic N) is 2. The van der Waals surface area contributed by atoms with Gasteiger partial charge in [-0.3, -0.25) is 14.9 Å². The van der Waals surface area contributed by atoms with Crippen LogP contribution in [0, 0.1) is 16.0 Å². The molecule has 7 heteroatoms. The molecular weight excluding hydrogens is 411 g/mol. The summed E-state index contributed by atoms with van der Waals surface area (Å²) >= 11 is 13.6. The third-order valence-corrected chi connectivity index (χ3v) is 7.32. The van der Waals surface area contributed by atoms with Crippen molar-refractivity contribution in [2.24, 2.45) is 5.92 Å². The fourth-order valence-corrected chi connectivity index (χ4v) is 5.55. The smallest absolute Gasteiger partial charge is 0.269 e. The van der Waals surface area contributed by atoms with Crippen LogP contribution in [0.2, 0.25) is 5.02 Å². The van der Waals surface area contributed by atoms with Gasteiger partial charge in [-0.25, -0.2) is 0 Å². The summed E-state index contributed by atoms with van der Waals surface area (Å²) in [7, 11) is 0. The number of nitro groups is 1. The van der Waals surface area contributed by atoms with Gasteiger partial charge in [0, 0.05) is 35.2 Å². The highest BCUT2D eigenvalue weighted by atomic mass is 35.5. The summed E-state index contributed by atoms with van der Waals surface area (Å²) in [6, 6.07) is 13.2. The van der Waals surface area contributed by atoms with E-state index < -0.39 is 4.92 Å². The lowest BCUT2D eigenvalue weighted by Gasteiger charge is -2.52. The van der Waals surface area contributed by atoms with Crippen LogP contribution in [0.3, 0.4) is 0 Å². The van der Waals surface area contributed by atoms with E-state index in [2.05, 4.69) is 0 Å². The van der Waals surface area contributed by atoms with Crippen molar-refractivity contribution in [1.29, 1.82) is 0 Å². The second-order valence-electron chi connectivity index (χ2n) is 7.91. The quantitative estimate of drug-likeness (QED) is 0.339. The number of fused-ring (bicyclic) bond motifs is 1. The number of rotatable bonds is 3. The summed E-state index contributed by atoms with van der Waals surface area (Å²) in [6.45, 7) is 0.533. The zero-order valence-electron chi connectivity index (χ0n) is 15.9. The Morgan fingerprint density at radius 2 is 1.83 bits per heavy atom. The fraction of sp³-hybridized carbons (Fsp3) is 0.409. The second kappa shape index (κ2) is 7.96. The maximum atomic E-state index is 13.4. The van der Waals surface area contributed by atoms with Crippen LogP contribution in [-0.2, 0) is 0 Å². The molecule has 1 saturated carbocycles. The van der Waals surface area contributed by atoms with E-state index in [0.717, 1.165) is 37.7 Å². The van der Waals surface area contributed by atoms with Crippen LogP contribution in [0.1, 0.15) is 54.1 Å². The highest BCUT2D eigenvalue weighted by Crippen LogP contribution is 2.53. The molecule has 4 rings (SSSR count). The highest BCUT2D eigenvalue weighted by molar-refractivity contribution is 6.31. The van der Waals surface area contributed by atoms with Gasteiger partial charge in [0.25, 0.3) is 11.6 Å². The first-order valence-corrected chi connectivity index (χ1v) is 10.6. The first-order valence-electron chi connectivity index (χ1n) is 9.89. The lowest BCUT2D eigenvalue weighted by molar-refractivity contribution is -0.384. The van der Waals surface area contributed by atoms with E-state index in [0.29, 0.717) is 17.1 Å². The number of piperidine rings is 1. The van der Waals surface area contributed by atoms with Gasteiger partial charge in [-0.05, 0) is 43.0 Å². The van der Waals surface area contributed by atoms with E-state index in [1.165, 1.54) is 24.3 Å². The van der Waals surface area contributed by atoms with Gasteiger partial charge in [-0.2, -0.15) is 0 Å². The number of halogens is 2. The minimum Gasteiger partial charge on any atom is -0.331 e. The molecule has 0 bridgehead atoms.